The number of fused-ring (bicyclic) bond motifs is 2. The monoisotopic (exact) mass is 203 g/mol. The maximum Gasteiger partial charge on any atom is 0.0519 e. The summed E-state index contributed by atoms with van der Waals surface area (Å²) in [5.41, 5.74) is 2.78. The zero-order valence-electron chi connectivity index (χ0n) is 9.07. The minimum Gasteiger partial charge on any atom is -0.382 e. The summed E-state index contributed by atoms with van der Waals surface area (Å²) in [6, 6.07) is 9.28. The quantitative estimate of drug-likeness (QED) is 0.700. The van der Waals surface area contributed by atoms with E-state index in [1.54, 1.807) is 0 Å². The van der Waals surface area contributed by atoms with Crippen LogP contribution in [0.15, 0.2) is 24.3 Å². The molecule has 0 aliphatic carbocycles. The first kappa shape index (κ1) is 9.22. The Kier molecular flexibility index (Phi) is 2.17. The third-order valence-corrected chi connectivity index (χ3v) is 3.83. The lowest BCUT2D eigenvalue weighted by Gasteiger charge is -2.41. The maximum absolute atomic E-state index is 5.58. The van der Waals surface area contributed by atoms with Gasteiger partial charge >= 0.3 is 0 Å². The summed E-state index contributed by atoms with van der Waals surface area (Å²) in [5, 5.41) is 3.65. The van der Waals surface area contributed by atoms with E-state index in [1.165, 1.54) is 11.3 Å². The third kappa shape index (κ3) is 1.44. The van der Waals surface area contributed by atoms with Crippen LogP contribution in [-0.2, 0) is 4.74 Å². The lowest BCUT2D eigenvalue weighted by molar-refractivity contribution is 0.0358. The van der Waals surface area contributed by atoms with E-state index >= 15 is 0 Å². The summed E-state index contributed by atoms with van der Waals surface area (Å²) in [6.45, 7) is 4.14. The van der Waals surface area contributed by atoms with Gasteiger partial charge in [0.25, 0.3) is 0 Å². The maximum atomic E-state index is 5.58. The first-order chi connectivity index (χ1) is 7.36. The molecule has 2 aliphatic heterocycles. The normalized spacial score (nSPS) is 33.8. The van der Waals surface area contributed by atoms with E-state index in [9.17, 15) is 0 Å². The summed E-state index contributed by atoms with van der Waals surface area (Å²) in [6.07, 6.45) is 1.14. The van der Waals surface area contributed by atoms with Gasteiger partial charge in [0.1, 0.15) is 0 Å². The molecule has 1 fully saturated rings. The summed E-state index contributed by atoms with van der Waals surface area (Å²) < 4.78 is 5.58. The minimum atomic E-state index is 0.614. The number of ether oxygens (including phenoxy) is 1. The first-order valence-electron chi connectivity index (χ1n) is 5.79. The molecule has 0 bridgehead atoms. The van der Waals surface area contributed by atoms with Crippen molar-refractivity contribution in [1.29, 1.82) is 0 Å². The second-order valence-electron chi connectivity index (χ2n) is 4.65. The van der Waals surface area contributed by atoms with Crippen molar-refractivity contribution in [3.05, 3.63) is 29.8 Å². The Bertz CT molecular complexity index is 363. The van der Waals surface area contributed by atoms with Crippen molar-refractivity contribution < 1.29 is 4.74 Å². The fourth-order valence-corrected chi connectivity index (χ4v) is 2.89. The molecule has 0 aromatic heterocycles. The summed E-state index contributed by atoms with van der Waals surface area (Å²) in [4.78, 5) is 0. The molecule has 0 saturated carbocycles. The van der Waals surface area contributed by atoms with Crippen molar-refractivity contribution in [2.24, 2.45) is 5.92 Å². The Morgan fingerprint density at radius 2 is 2.20 bits per heavy atom. The standard InChI is InChI=1S/C13H17NO/c1-9-10-4-2-3-5-12(10)14-13-6-7-15-8-11(9)13/h2-5,9,11,13-14H,6-8H2,1H3/t9-,11-,13-/m0/s1. The van der Waals surface area contributed by atoms with Crippen molar-refractivity contribution in [1.82, 2.24) is 0 Å². The Morgan fingerprint density at radius 1 is 1.33 bits per heavy atom. The molecule has 2 heterocycles. The molecule has 80 valence electrons. The van der Waals surface area contributed by atoms with Crippen LogP contribution >= 0.6 is 0 Å². The van der Waals surface area contributed by atoms with Gasteiger partial charge in [-0.3, -0.25) is 0 Å². The van der Waals surface area contributed by atoms with Crippen LogP contribution in [0.25, 0.3) is 0 Å². The van der Waals surface area contributed by atoms with Gasteiger partial charge in [0, 0.05) is 24.3 Å². The van der Waals surface area contributed by atoms with Crippen molar-refractivity contribution >= 4 is 5.69 Å². The summed E-state index contributed by atoms with van der Waals surface area (Å²) in [7, 11) is 0. The Labute approximate surface area is 90.6 Å². The van der Waals surface area contributed by atoms with Crippen molar-refractivity contribution in [3.8, 4) is 0 Å². The van der Waals surface area contributed by atoms with Gasteiger partial charge in [-0.25, -0.2) is 0 Å². The number of rotatable bonds is 0. The fourth-order valence-electron chi connectivity index (χ4n) is 2.89. The molecular weight excluding hydrogens is 186 g/mol. The average molecular weight is 203 g/mol. The summed E-state index contributed by atoms with van der Waals surface area (Å²) >= 11 is 0. The Balaban J connectivity index is 1.98. The van der Waals surface area contributed by atoms with E-state index in [1.807, 2.05) is 0 Å². The Morgan fingerprint density at radius 3 is 3.13 bits per heavy atom. The zero-order valence-corrected chi connectivity index (χ0v) is 9.07. The van der Waals surface area contributed by atoms with Crippen LogP contribution in [0.3, 0.4) is 0 Å². The highest BCUT2D eigenvalue weighted by Crippen LogP contribution is 2.40. The lowest BCUT2D eigenvalue weighted by atomic mass is 9.77. The van der Waals surface area contributed by atoms with Gasteiger partial charge in [0.2, 0.25) is 0 Å². The van der Waals surface area contributed by atoms with Gasteiger partial charge in [0.15, 0.2) is 0 Å². The predicted molar refractivity (Wildman–Crippen MR) is 61.2 cm³/mol. The van der Waals surface area contributed by atoms with E-state index in [-0.39, 0.29) is 0 Å². The van der Waals surface area contributed by atoms with Gasteiger partial charge in [-0.1, -0.05) is 25.1 Å². The number of anilines is 1. The second-order valence-corrected chi connectivity index (χ2v) is 4.65. The lowest BCUT2D eigenvalue weighted by Crippen LogP contribution is -2.43. The number of nitrogens with one attached hydrogen (secondary N) is 1. The molecule has 15 heavy (non-hydrogen) atoms. The number of hydrogen-bond acceptors (Lipinski definition) is 2. The largest absolute Gasteiger partial charge is 0.382 e. The van der Waals surface area contributed by atoms with E-state index < -0.39 is 0 Å². The van der Waals surface area contributed by atoms with E-state index in [2.05, 4.69) is 36.5 Å². The predicted octanol–water partition coefficient (Wildman–Crippen LogP) is 2.62. The Hall–Kier alpha value is -1.02. The highest BCUT2D eigenvalue weighted by atomic mass is 16.5. The van der Waals surface area contributed by atoms with Gasteiger partial charge in [-0.2, -0.15) is 0 Å². The topological polar surface area (TPSA) is 21.3 Å². The van der Waals surface area contributed by atoms with Crippen LogP contribution in [0, 0.1) is 5.92 Å². The van der Waals surface area contributed by atoms with E-state index in [4.69, 9.17) is 4.74 Å². The van der Waals surface area contributed by atoms with Crippen molar-refractivity contribution in [2.75, 3.05) is 18.5 Å². The van der Waals surface area contributed by atoms with Crippen LogP contribution in [0.2, 0.25) is 0 Å². The number of para-hydroxylation sites is 1. The average Bonchev–Trinajstić information content (AvgIpc) is 2.30. The first-order valence-corrected chi connectivity index (χ1v) is 5.79. The molecule has 0 amide bonds. The molecule has 1 aromatic carbocycles. The minimum absolute atomic E-state index is 0.614. The van der Waals surface area contributed by atoms with Gasteiger partial charge < -0.3 is 10.1 Å². The number of hydrogen-bond donors (Lipinski definition) is 1. The molecule has 0 unspecified atom stereocenters. The summed E-state index contributed by atoms with van der Waals surface area (Å²) in [5.74, 6) is 1.27. The molecule has 1 aromatic rings. The molecule has 2 aliphatic rings. The SMILES string of the molecule is C[C@H]1c2ccccc2N[C@H]2CCOC[C@H]21. The van der Waals surface area contributed by atoms with E-state index in [0.29, 0.717) is 17.9 Å². The fraction of sp³-hybridized carbons (Fsp3) is 0.538. The molecular formula is C13H17NO. The van der Waals surface area contributed by atoms with Gasteiger partial charge in [-0.15, -0.1) is 0 Å². The van der Waals surface area contributed by atoms with Crippen LogP contribution in [0.1, 0.15) is 24.8 Å². The second kappa shape index (κ2) is 3.53. The molecule has 2 heteroatoms. The van der Waals surface area contributed by atoms with Crippen LogP contribution in [-0.4, -0.2) is 19.3 Å². The van der Waals surface area contributed by atoms with Crippen LogP contribution < -0.4 is 5.32 Å². The zero-order chi connectivity index (χ0) is 10.3. The molecule has 3 atom stereocenters. The van der Waals surface area contributed by atoms with E-state index in [0.717, 1.165) is 19.6 Å². The van der Waals surface area contributed by atoms with Gasteiger partial charge in [0.05, 0.1) is 6.61 Å². The molecule has 2 nitrogen and oxygen atoms in total. The molecule has 0 spiro atoms. The van der Waals surface area contributed by atoms with Crippen molar-refractivity contribution in [3.63, 3.8) is 0 Å². The van der Waals surface area contributed by atoms with Crippen LogP contribution in [0.5, 0.6) is 0 Å². The highest BCUT2D eigenvalue weighted by molar-refractivity contribution is 5.56. The smallest absolute Gasteiger partial charge is 0.0519 e. The molecule has 0 radical (unpaired) electrons. The molecule has 3 rings (SSSR count). The van der Waals surface area contributed by atoms with Gasteiger partial charge in [-0.05, 0) is 24.0 Å². The van der Waals surface area contributed by atoms with Crippen molar-refractivity contribution in [2.45, 2.75) is 25.3 Å². The number of benzene rings is 1. The van der Waals surface area contributed by atoms with Crippen LogP contribution in [0.4, 0.5) is 5.69 Å². The highest BCUT2D eigenvalue weighted by Gasteiger charge is 2.35. The molecule has 1 N–H and O–H groups in total. The molecule has 1 saturated heterocycles. The third-order valence-electron chi connectivity index (χ3n) is 3.83.